The van der Waals surface area contributed by atoms with Gasteiger partial charge in [-0.3, -0.25) is 4.72 Å². The van der Waals surface area contributed by atoms with E-state index in [4.69, 9.17) is 16.3 Å². The molecule has 0 fully saturated rings. The summed E-state index contributed by atoms with van der Waals surface area (Å²) in [6.07, 6.45) is 0. The van der Waals surface area contributed by atoms with E-state index in [0.717, 1.165) is 11.1 Å². The van der Waals surface area contributed by atoms with Crippen LogP contribution in [0.4, 0.5) is 5.69 Å². The van der Waals surface area contributed by atoms with Crippen molar-refractivity contribution in [2.24, 2.45) is 0 Å². The molecular weight excluding hydrogens is 310 g/mol. The molecule has 0 spiro atoms. The number of benzene rings is 2. The zero-order valence-electron chi connectivity index (χ0n) is 12.0. The number of sulfonamides is 1. The molecule has 112 valence electrons. The highest BCUT2D eigenvalue weighted by molar-refractivity contribution is 7.92. The van der Waals surface area contributed by atoms with Gasteiger partial charge >= 0.3 is 0 Å². The summed E-state index contributed by atoms with van der Waals surface area (Å²) in [6.45, 7) is 3.75. The first kappa shape index (κ1) is 15.7. The standard InChI is InChI=1S/C15H16ClNO3S/c1-10-4-5-11(2)14(8-10)17-21(18,19)12-6-7-15(20-3)13(16)9-12/h4-9,17H,1-3H3. The molecule has 2 rings (SSSR count). The summed E-state index contributed by atoms with van der Waals surface area (Å²) in [5.74, 6) is 0.433. The van der Waals surface area contributed by atoms with Gasteiger partial charge in [0, 0.05) is 0 Å². The van der Waals surface area contributed by atoms with Gasteiger partial charge < -0.3 is 4.74 Å². The van der Waals surface area contributed by atoms with Crippen LogP contribution in [0.15, 0.2) is 41.3 Å². The van der Waals surface area contributed by atoms with E-state index in [1.807, 2.05) is 26.0 Å². The first-order chi connectivity index (χ1) is 9.83. The summed E-state index contributed by atoms with van der Waals surface area (Å²) >= 11 is 5.98. The third kappa shape index (κ3) is 3.49. The molecule has 4 nitrogen and oxygen atoms in total. The van der Waals surface area contributed by atoms with E-state index < -0.39 is 10.0 Å². The van der Waals surface area contributed by atoms with Crippen LogP contribution in [0.5, 0.6) is 5.75 Å². The van der Waals surface area contributed by atoms with Crippen molar-refractivity contribution in [1.29, 1.82) is 0 Å². The third-order valence-electron chi connectivity index (χ3n) is 3.07. The average molecular weight is 326 g/mol. The SMILES string of the molecule is COc1ccc(S(=O)(=O)Nc2cc(C)ccc2C)cc1Cl. The Morgan fingerprint density at radius 2 is 1.81 bits per heavy atom. The maximum absolute atomic E-state index is 12.4. The van der Waals surface area contributed by atoms with Gasteiger partial charge in [0.2, 0.25) is 0 Å². The minimum atomic E-state index is -3.69. The Morgan fingerprint density at radius 3 is 2.43 bits per heavy atom. The highest BCUT2D eigenvalue weighted by Gasteiger charge is 2.17. The molecular formula is C15H16ClNO3S. The lowest BCUT2D eigenvalue weighted by Crippen LogP contribution is -2.14. The van der Waals surface area contributed by atoms with Gasteiger partial charge in [-0.05, 0) is 49.2 Å². The first-order valence-corrected chi connectivity index (χ1v) is 8.13. The van der Waals surface area contributed by atoms with Crippen molar-refractivity contribution in [2.75, 3.05) is 11.8 Å². The number of nitrogens with one attached hydrogen (secondary N) is 1. The molecule has 6 heteroatoms. The monoisotopic (exact) mass is 325 g/mol. The van der Waals surface area contributed by atoms with Crippen molar-refractivity contribution >= 4 is 27.3 Å². The summed E-state index contributed by atoms with van der Waals surface area (Å²) in [6, 6.07) is 9.94. The molecule has 0 bridgehead atoms. The average Bonchev–Trinajstić information content (AvgIpc) is 2.42. The lowest BCUT2D eigenvalue weighted by Gasteiger charge is -2.12. The molecule has 0 aliphatic rings. The predicted octanol–water partition coefficient (Wildman–Crippen LogP) is 3.77. The molecule has 0 radical (unpaired) electrons. The van der Waals surface area contributed by atoms with Gasteiger partial charge in [0.1, 0.15) is 5.75 Å². The van der Waals surface area contributed by atoms with E-state index in [1.165, 1.54) is 25.3 Å². The quantitative estimate of drug-likeness (QED) is 0.931. The highest BCUT2D eigenvalue weighted by Crippen LogP contribution is 2.28. The minimum Gasteiger partial charge on any atom is -0.495 e. The number of hydrogen-bond donors (Lipinski definition) is 1. The van der Waals surface area contributed by atoms with Crippen LogP contribution in [0.1, 0.15) is 11.1 Å². The Morgan fingerprint density at radius 1 is 1.10 bits per heavy atom. The van der Waals surface area contributed by atoms with Crippen LogP contribution in [-0.2, 0) is 10.0 Å². The Bertz CT molecular complexity index is 772. The number of methoxy groups -OCH3 is 1. The van der Waals surface area contributed by atoms with E-state index in [1.54, 1.807) is 6.07 Å². The van der Waals surface area contributed by atoms with Crippen LogP contribution in [0.25, 0.3) is 0 Å². The lowest BCUT2D eigenvalue weighted by atomic mass is 10.1. The molecule has 0 saturated heterocycles. The summed E-state index contributed by atoms with van der Waals surface area (Å²) in [5.41, 5.74) is 2.39. The van der Waals surface area contributed by atoms with Gasteiger partial charge in [0.05, 0.1) is 22.7 Å². The van der Waals surface area contributed by atoms with Crippen molar-refractivity contribution < 1.29 is 13.2 Å². The normalized spacial score (nSPS) is 11.2. The Balaban J connectivity index is 2.38. The van der Waals surface area contributed by atoms with Crippen LogP contribution >= 0.6 is 11.6 Å². The summed E-state index contributed by atoms with van der Waals surface area (Å²) < 4.78 is 32.4. The van der Waals surface area contributed by atoms with E-state index in [2.05, 4.69) is 4.72 Å². The molecule has 0 saturated carbocycles. The Kier molecular flexibility index (Phi) is 4.44. The number of ether oxygens (including phenoxy) is 1. The van der Waals surface area contributed by atoms with Gasteiger partial charge in [-0.2, -0.15) is 0 Å². The van der Waals surface area contributed by atoms with Crippen molar-refractivity contribution in [3.63, 3.8) is 0 Å². The van der Waals surface area contributed by atoms with Gasteiger partial charge in [-0.25, -0.2) is 8.42 Å². The van der Waals surface area contributed by atoms with Crippen molar-refractivity contribution in [3.8, 4) is 5.75 Å². The molecule has 2 aromatic carbocycles. The van der Waals surface area contributed by atoms with E-state index >= 15 is 0 Å². The summed E-state index contributed by atoms with van der Waals surface area (Å²) in [5, 5.41) is 0.251. The van der Waals surface area contributed by atoms with Gasteiger partial charge in [-0.15, -0.1) is 0 Å². The molecule has 0 heterocycles. The molecule has 2 aromatic rings. The van der Waals surface area contributed by atoms with Crippen molar-refractivity contribution in [3.05, 3.63) is 52.5 Å². The van der Waals surface area contributed by atoms with Crippen molar-refractivity contribution in [2.45, 2.75) is 18.7 Å². The number of rotatable bonds is 4. The molecule has 21 heavy (non-hydrogen) atoms. The smallest absolute Gasteiger partial charge is 0.261 e. The second-order valence-electron chi connectivity index (χ2n) is 4.72. The lowest BCUT2D eigenvalue weighted by molar-refractivity contribution is 0.414. The van der Waals surface area contributed by atoms with Crippen LogP contribution in [0, 0.1) is 13.8 Å². The summed E-state index contributed by atoms with van der Waals surface area (Å²) in [4.78, 5) is 0.0919. The molecule has 0 aliphatic carbocycles. The maximum atomic E-state index is 12.4. The molecule has 0 aromatic heterocycles. The number of halogens is 1. The molecule has 0 aliphatic heterocycles. The molecule has 0 amide bonds. The van der Waals surface area contributed by atoms with Crippen LogP contribution < -0.4 is 9.46 Å². The number of hydrogen-bond acceptors (Lipinski definition) is 3. The molecule has 0 unspecified atom stereocenters. The van der Waals surface area contributed by atoms with Crippen LogP contribution in [-0.4, -0.2) is 15.5 Å². The van der Waals surface area contributed by atoms with Crippen LogP contribution in [0.3, 0.4) is 0 Å². The van der Waals surface area contributed by atoms with E-state index in [0.29, 0.717) is 11.4 Å². The fourth-order valence-corrected chi connectivity index (χ4v) is 3.33. The highest BCUT2D eigenvalue weighted by atomic mass is 35.5. The van der Waals surface area contributed by atoms with Crippen molar-refractivity contribution in [1.82, 2.24) is 0 Å². The largest absolute Gasteiger partial charge is 0.495 e. The second-order valence-corrected chi connectivity index (χ2v) is 6.81. The molecule has 1 N–H and O–H groups in total. The Labute approximate surface area is 129 Å². The summed E-state index contributed by atoms with van der Waals surface area (Å²) in [7, 11) is -2.21. The topological polar surface area (TPSA) is 55.4 Å². The molecule has 0 atom stereocenters. The minimum absolute atomic E-state index is 0.0919. The maximum Gasteiger partial charge on any atom is 0.261 e. The van der Waals surface area contributed by atoms with Gasteiger partial charge in [0.15, 0.2) is 0 Å². The fourth-order valence-electron chi connectivity index (χ4n) is 1.86. The number of aryl methyl sites for hydroxylation is 2. The van der Waals surface area contributed by atoms with E-state index in [-0.39, 0.29) is 9.92 Å². The first-order valence-electron chi connectivity index (χ1n) is 6.27. The second kappa shape index (κ2) is 5.95. The third-order valence-corrected chi connectivity index (χ3v) is 4.73. The van der Waals surface area contributed by atoms with E-state index in [9.17, 15) is 8.42 Å². The van der Waals surface area contributed by atoms with Crippen LogP contribution in [0.2, 0.25) is 5.02 Å². The zero-order chi connectivity index (χ0) is 15.6. The fraction of sp³-hybridized carbons (Fsp3) is 0.200. The Hall–Kier alpha value is -1.72. The van der Waals surface area contributed by atoms with Gasteiger partial charge in [0.25, 0.3) is 10.0 Å². The van der Waals surface area contributed by atoms with Gasteiger partial charge in [-0.1, -0.05) is 23.7 Å². The predicted molar refractivity (Wildman–Crippen MR) is 84.7 cm³/mol. The zero-order valence-corrected chi connectivity index (χ0v) is 13.5. The number of anilines is 1.